The SMILES string of the molecule is CC(Cc1cc2c(C(F)(F)F)cccc2n1C(C)C)C(=O)O. The number of aliphatic carboxylic acids is 1. The van der Waals surface area contributed by atoms with Gasteiger partial charge in [0.25, 0.3) is 0 Å². The highest BCUT2D eigenvalue weighted by Crippen LogP contribution is 2.37. The molecule has 0 amide bonds. The van der Waals surface area contributed by atoms with Crippen LogP contribution in [0.3, 0.4) is 0 Å². The van der Waals surface area contributed by atoms with Crippen molar-refractivity contribution in [3.63, 3.8) is 0 Å². The average molecular weight is 313 g/mol. The van der Waals surface area contributed by atoms with Crippen molar-refractivity contribution in [3.8, 4) is 0 Å². The first-order chi connectivity index (χ1) is 10.1. The zero-order valence-electron chi connectivity index (χ0n) is 12.6. The van der Waals surface area contributed by atoms with Crippen molar-refractivity contribution < 1.29 is 23.1 Å². The van der Waals surface area contributed by atoms with Crippen molar-refractivity contribution in [3.05, 3.63) is 35.5 Å². The first-order valence-corrected chi connectivity index (χ1v) is 7.05. The Balaban J connectivity index is 2.67. The number of nitrogens with zero attached hydrogens (tertiary/aromatic N) is 1. The molecule has 120 valence electrons. The standard InChI is InChI=1S/C16H18F3NO2/c1-9(2)20-11(7-10(3)15(21)22)8-12-13(16(17,18)19)5-4-6-14(12)20/h4-6,8-10H,7H2,1-3H3,(H,21,22). The van der Waals surface area contributed by atoms with Crippen LogP contribution in [0.1, 0.15) is 38.1 Å². The van der Waals surface area contributed by atoms with E-state index in [9.17, 15) is 18.0 Å². The Bertz CT molecular complexity index is 701. The highest BCUT2D eigenvalue weighted by atomic mass is 19.4. The third-order valence-electron chi connectivity index (χ3n) is 3.72. The van der Waals surface area contributed by atoms with Gasteiger partial charge in [0.05, 0.1) is 11.5 Å². The number of halogens is 3. The second kappa shape index (κ2) is 5.66. The predicted octanol–water partition coefficient (Wildman–Crippen LogP) is 4.50. The van der Waals surface area contributed by atoms with Crippen molar-refractivity contribution in [1.29, 1.82) is 0 Å². The molecule has 2 rings (SSSR count). The summed E-state index contributed by atoms with van der Waals surface area (Å²) in [6, 6.07) is 5.49. The van der Waals surface area contributed by atoms with E-state index in [0.29, 0.717) is 11.2 Å². The molecule has 0 fully saturated rings. The monoisotopic (exact) mass is 313 g/mol. The molecule has 1 aromatic carbocycles. The third-order valence-corrected chi connectivity index (χ3v) is 3.72. The summed E-state index contributed by atoms with van der Waals surface area (Å²) in [5.74, 6) is -1.62. The number of benzene rings is 1. The van der Waals surface area contributed by atoms with Gasteiger partial charge in [0, 0.05) is 29.1 Å². The summed E-state index contributed by atoms with van der Waals surface area (Å²) in [6.45, 7) is 5.29. The van der Waals surface area contributed by atoms with Crippen molar-refractivity contribution in [2.75, 3.05) is 0 Å². The molecular formula is C16H18F3NO2. The lowest BCUT2D eigenvalue weighted by Gasteiger charge is -2.16. The van der Waals surface area contributed by atoms with Gasteiger partial charge in [-0.1, -0.05) is 13.0 Å². The Labute approximate surface area is 126 Å². The molecule has 3 nitrogen and oxygen atoms in total. The average Bonchev–Trinajstić information content (AvgIpc) is 2.74. The lowest BCUT2D eigenvalue weighted by atomic mass is 10.0. The van der Waals surface area contributed by atoms with E-state index in [2.05, 4.69) is 0 Å². The van der Waals surface area contributed by atoms with Crippen molar-refractivity contribution in [2.45, 2.75) is 39.4 Å². The molecule has 0 saturated carbocycles. The summed E-state index contributed by atoms with van der Waals surface area (Å²) >= 11 is 0. The Morgan fingerprint density at radius 1 is 1.27 bits per heavy atom. The largest absolute Gasteiger partial charge is 0.481 e. The lowest BCUT2D eigenvalue weighted by Crippen LogP contribution is -2.15. The molecule has 0 aliphatic carbocycles. The number of carboxylic acid groups (broad SMARTS) is 1. The second-order valence-electron chi connectivity index (χ2n) is 5.78. The van der Waals surface area contributed by atoms with E-state index >= 15 is 0 Å². The van der Waals surface area contributed by atoms with Gasteiger partial charge in [-0.3, -0.25) is 4.79 Å². The molecule has 0 radical (unpaired) electrons. The van der Waals surface area contributed by atoms with Crippen molar-refractivity contribution >= 4 is 16.9 Å². The number of alkyl halides is 3. The number of hydrogen-bond acceptors (Lipinski definition) is 1. The van der Waals surface area contributed by atoms with Gasteiger partial charge >= 0.3 is 12.1 Å². The first kappa shape index (κ1) is 16.4. The minimum Gasteiger partial charge on any atom is -0.481 e. The summed E-state index contributed by atoms with van der Waals surface area (Å²) in [5, 5.41) is 9.16. The number of aromatic nitrogens is 1. The van der Waals surface area contributed by atoms with Gasteiger partial charge < -0.3 is 9.67 Å². The summed E-state index contributed by atoms with van der Waals surface area (Å²) in [7, 11) is 0. The molecular weight excluding hydrogens is 295 g/mol. The fourth-order valence-corrected chi connectivity index (χ4v) is 2.72. The minimum atomic E-state index is -4.43. The molecule has 0 aliphatic heterocycles. The molecule has 22 heavy (non-hydrogen) atoms. The topological polar surface area (TPSA) is 42.2 Å². The maximum absolute atomic E-state index is 13.1. The van der Waals surface area contributed by atoms with Gasteiger partial charge in [0.2, 0.25) is 0 Å². The van der Waals surface area contributed by atoms with Gasteiger partial charge in [-0.05, 0) is 32.0 Å². The Morgan fingerprint density at radius 2 is 1.91 bits per heavy atom. The van der Waals surface area contributed by atoms with E-state index < -0.39 is 23.6 Å². The van der Waals surface area contributed by atoms with Crippen LogP contribution in [0, 0.1) is 5.92 Å². The molecule has 0 aliphatic rings. The summed E-state index contributed by atoms with van der Waals surface area (Å²) in [5.41, 5.74) is 0.405. The minimum absolute atomic E-state index is 0.0584. The molecule has 1 aromatic heterocycles. The van der Waals surface area contributed by atoms with Crippen molar-refractivity contribution in [1.82, 2.24) is 4.57 Å². The summed E-state index contributed by atoms with van der Waals surface area (Å²) in [6.07, 6.45) is -4.24. The molecule has 1 heterocycles. The third kappa shape index (κ3) is 2.96. The van der Waals surface area contributed by atoms with Crippen LogP contribution in [0.15, 0.2) is 24.3 Å². The Hall–Kier alpha value is -1.98. The number of fused-ring (bicyclic) bond motifs is 1. The zero-order chi connectivity index (χ0) is 16.7. The van der Waals surface area contributed by atoms with Crippen LogP contribution in [-0.2, 0) is 17.4 Å². The lowest BCUT2D eigenvalue weighted by molar-refractivity contribution is -0.141. The fraction of sp³-hybridized carbons (Fsp3) is 0.438. The molecule has 0 saturated heterocycles. The number of carbonyl (C=O) groups is 1. The molecule has 0 bridgehead atoms. The van der Waals surface area contributed by atoms with E-state index in [1.807, 2.05) is 13.8 Å². The van der Waals surface area contributed by atoms with E-state index in [1.54, 1.807) is 17.6 Å². The predicted molar refractivity (Wildman–Crippen MR) is 77.8 cm³/mol. The van der Waals surface area contributed by atoms with Gasteiger partial charge in [-0.2, -0.15) is 13.2 Å². The van der Waals surface area contributed by atoms with E-state index in [1.165, 1.54) is 12.1 Å². The second-order valence-corrected chi connectivity index (χ2v) is 5.78. The smallest absolute Gasteiger partial charge is 0.417 e. The van der Waals surface area contributed by atoms with Gasteiger partial charge in [-0.25, -0.2) is 0 Å². The maximum atomic E-state index is 13.1. The summed E-state index contributed by atoms with van der Waals surface area (Å²) in [4.78, 5) is 11.0. The van der Waals surface area contributed by atoms with Crippen LogP contribution in [0.4, 0.5) is 13.2 Å². The number of hydrogen-bond donors (Lipinski definition) is 1. The van der Waals surface area contributed by atoms with Crippen LogP contribution < -0.4 is 0 Å². The zero-order valence-corrected chi connectivity index (χ0v) is 12.6. The Morgan fingerprint density at radius 3 is 2.41 bits per heavy atom. The van der Waals surface area contributed by atoms with Crippen LogP contribution >= 0.6 is 0 Å². The highest BCUT2D eigenvalue weighted by molar-refractivity contribution is 5.85. The van der Waals surface area contributed by atoms with E-state index in [-0.39, 0.29) is 17.8 Å². The quantitative estimate of drug-likeness (QED) is 0.902. The normalized spacial score (nSPS) is 13.8. The molecule has 1 N–H and O–H groups in total. The van der Waals surface area contributed by atoms with Crippen LogP contribution in [-0.4, -0.2) is 15.6 Å². The highest BCUT2D eigenvalue weighted by Gasteiger charge is 2.33. The molecule has 1 unspecified atom stereocenters. The molecule has 1 atom stereocenters. The van der Waals surface area contributed by atoms with Gasteiger partial charge in [0.15, 0.2) is 0 Å². The fourth-order valence-electron chi connectivity index (χ4n) is 2.72. The maximum Gasteiger partial charge on any atom is 0.417 e. The van der Waals surface area contributed by atoms with Gasteiger partial charge in [-0.15, -0.1) is 0 Å². The van der Waals surface area contributed by atoms with E-state index in [4.69, 9.17) is 5.11 Å². The van der Waals surface area contributed by atoms with Gasteiger partial charge in [0.1, 0.15) is 0 Å². The van der Waals surface area contributed by atoms with Crippen LogP contribution in [0.25, 0.3) is 10.9 Å². The number of rotatable bonds is 4. The first-order valence-electron chi connectivity index (χ1n) is 7.05. The van der Waals surface area contributed by atoms with Crippen molar-refractivity contribution in [2.24, 2.45) is 5.92 Å². The number of carboxylic acids is 1. The van der Waals surface area contributed by atoms with E-state index in [0.717, 1.165) is 6.07 Å². The summed E-state index contributed by atoms with van der Waals surface area (Å²) < 4.78 is 41.2. The molecule has 6 heteroatoms. The molecule has 0 spiro atoms. The van der Waals surface area contributed by atoms with Crippen LogP contribution in [0.5, 0.6) is 0 Å². The molecule has 2 aromatic rings. The van der Waals surface area contributed by atoms with Crippen LogP contribution in [0.2, 0.25) is 0 Å². The Kier molecular flexibility index (Phi) is 4.22.